The second-order valence-electron chi connectivity index (χ2n) is 7.56. The second kappa shape index (κ2) is 11.9. The minimum absolute atomic E-state index is 0. The lowest BCUT2D eigenvalue weighted by Crippen LogP contribution is -2.40. The quantitative estimate of drug-likeness (QED) is 0.371. The van der Waals surface area contributed by atoms with Gasteiger partial charge in [0.1, 0.15) is 5.82 Å². The normalized spacial score (nSPS) is 10.8. The predicted molar refractivity (Wildman–Crippen MR) is 129 cm³/mol. The first-order chi connectivity index (χ1) is 15.3. The predicted octanol–water partition coefficient (Wildman–Crippen LogP) is 4.31. The van der Waals surface area contributed by atoms with Crippen LogP contribution in [0, 0.1) is 5.82 Å². The number of nitrogens with zero attached hydrogens (tertiary/aromatic N) is 2. The van der Waals surface area contributed by atoms with Crippen LogP contribution in [0.2, 0.25) is 5.02 Å². The number of rotatable bonds is 8. The molecule has 3 aromatic rings. The summed E-state index contributed by atoms with van der Waals surface area (Å²) in [7, 11) is 0. The summed E-state index contributed by atoms with van der Waals surface area (Å²) in [6.45, 7) is 3.25. The number of aliphatic hydroxyl groups is 2. The van der Waals surface area contributed by atoms with Crippen molar-refractivity contribution in [2.45, 2.75) is 25.8 Å². The first kappa shape index (κ1) is 26.5. The number of pyridine rings is 2. The van der Waals surface area contributed by atoms with E-state index in [-0.39, 0.29) is 42.7 Å². The highest BCUT2D eigenvalue weighted by Gasteiger charge is 2.16. The molecule has 0 aliphatic carbocycles. The van der Waals surface area contributed by atoms with Crippen LogP contribution >= 0.6 is 24.0 Å². The van der Waals surface area contributed by atoms with Crippen molar-refractivity contribution in [2.75, 3.05) is 18.5 Å². The molecule has 33 heavy (non-hydrogen) atoms. The van der Waals surface area contributed by atoms with Crippen LogP contribution in [-0.4, -0.2) is 45.3 Å². The lowest BCUT2D eigenvalue weighted by Gasteiger charge is -2.17. The molecule has 2 aromatic heterocycles. The van der Waals surface area contributed by atoms with Gasteiger partial charge in [0.05, 0.1) is 42.4 Å². The van der Waals surface area contributed by atoms with Crippen molar-refractivity contribution < 1.29 is 19.4 Å². The van der Waals surface area contributed by atoms with Gasteiger partial charge in [0, 0.05) is 28.7 Å². The number of halogens is 3. The molecule has 3 rings (SSSR count). The standard InChI is InChI=1S/C23H24ClFN4O3.ClH/c1-13(2)19-10-27-21(18-6-15(24)3-4-20(18)25)7-22(19)28-16-5-14(8-26-9-16)23(32)29-17(11-30)12-31;/h3-10,13,17,30-31H,11-12H2,1-2H3,(H,27,28)(H,29,32);1H. The van der Waals surface area contributed by atoms with Gasteiger partial charge in [0.25, 0.3) is 5.91 Å². The highest BCUT2D eigenvalue weighted by Crippen LogP contribution is 2.32. The van der Waals surface area contributed by atoms with Crippen molar-refractivity contribution in [1.29, 1.82) is 0 Å². The molecule has 0 atom stereocenters. The maximum atomic E-state index is 14.4. The van der Waals surface area contributed by atoms with Gasteiger partial charge in [-0.15, -0.1) is 12.4 Å². The number of benzene rings is 1. The van der Waals surface area contributed by atoms with Crippen LogP contribution in [-0.2, 0) is 0 Å². The lowest BCUT2D eigenvalue weighted by atomic mass is 10.0. The maximum Gasteiger partial charge on any atom is 0.253 e. The van der Waals surface area contributed by atoms with Crippen molar-refractivity contribution in [1.82, 2.24) is 15.3 Å². The van der Waals surface area contributed by atoms with Gasteiger partial charge in [-0.2, -0.15) is 0 Å². The Morgan fingerprint density at radius 3 is 2.52 bits per heavy atom. The number of aromatic nitrogens is 2. The summed E-state index contributed by atoms with van der Waals surface area (Å²) in [5.41, 5.74) is 3.06. The minimum Gasteiger partial charge on any atom is -0.394 e. The number of anilines is 2. The van der Waals surface area contributed by atoms with Crippen LogP contribution in [0.25, 0.3) is 11.3 Å². The molecule has 0 spiro atoms. The Hall–Kier alpha value is -2.78. The monoisotopic (exact) mass is 494 g/mol. The highest BCUT2D eigenvalue weighted by molar-refractivity contribution is 6.30. The van der Waals surface area contributed by atoms with E-state index in [2.05, 4.69) is 20.6 Å². The molecule has 0 fully saturated rings. The Morgan fingerprint density at radius 1 is 1.12 bits per heavy atom. The van der Waals surface area contributed by atoms with E-state index in [1.807, 2.05) is 13.8 Å². The number of hydrogen-bond acceptors (Lipinski definition) is 6. The van der Waals surface area contributed by atoms with Crippen LogP contribution in [0.5, 0.6) is 0 Å². The van der Waals surface area contributed by atoms with Crippen LogP contribution in [0.3, 0.4) is 0 Å². The summed E-state index contributed by atoms with van der Waals surface area (Å²) in [6.07, 6.45) is 4.62. The number of nitrogens with one attached hydrogen (secondary N) is 2. The van der Waals surface area contributed by atoms with E-state index < -0.39 is 17.8 Å². The SMILES string of the molecule is CC(C)c1cnc(-c2cc(Cl)ccc2F)cc1Nc1cncc(C(=O)NC(CO)CO)c1.Cl. The molecule has 0 aliphatic heterocycles. The zero-order chi connectivity index (χ0) is 23.3. The number of carbonyl (C=O) groups excluding carboxylic acids is 1. The third kappa shape index (κ3) is 6.61. The van der Waals surface area contributed by atoms with E-state index in [0.717, 1.165) is 5.56 Å². The summed E-state index contributed by atoms with van der Waals surface area (Å²) in [5, 5.41) is 24.5. The van der Waals surface area contributed by atoms with Crippen molar-refractivity contribution in [3.8, 4) is 11.3 Å². The number of hydrogen-bond donors (Lipinski definition) is 4. The van der Waals surface area contributed by atoms with Gasteiger partial charge in [-0.05, 0) is 41.8 Å². The Kier molecular flexibility index (Phi) is 9.55. The second-order valence-corrected chi connectivity index (χ2v) is 7.99. The third-order valence-electron chi connectivity index (χ3n) is 4.82. The smallest absolute Gasteiger partial charge is 0.253 e. The third-order valence-corrected chi connectivity index (χ3v) is 5.05. The zero-order valence-electron chi connectivity index (χ0n) is 18.0. The Labute approximate surface area is 202 Å². The molecule has 0 bridgehead atoms. The first-order valence-corrected chi connectivity index (χ1v) is 10.4. The van der Waals surface area contributed by atoms with Crippen molar-refractivity contribution in [2.24, 2.45) is 0 Å². The fourth-order valence-electron chi connectivity index (χ4n) is 3.08. The van der Waals surface area contributed by atoms with Crippen LogP contribution in [0.15, 0.2) is 48.9 Å². The molecule has 4 N–H and O–H groups in total. The van der Waals surface area contributed by atoms with Gasteiger partial charge >= 0.3 is 0 Å². The van der Waals surface area contributed by atoms with E-state index in [4.69, 9.17) is 21.8 Å². The maximum absolute atomic E-state index is 14.4. The Morgan fingerprint density at radius 2 is 1.85 bits per heavy atom. The molecule has 0 radical (unpaired) electrons. The summed E-state index contributed by atoms with van der Waals surface area (Å²) < 4.78 is 14.4. The van der Waals surface area contributed by atoms with E-state index in [1.165, 1.54) is 24.4 Å². The van der Waals surface area contributed by atoms with Crippen LogP contribution in [0.4, 0.5) is 15.8 Å². The van der Waals surface area contributed by atoms with E-state index >= 15 is 0 Å². The summed E-state index contributed by atoms with van der Waals surface area (Å²) in [6, 6.07) is 6.84. The first-order valence-electron chi connectivity index (χ1n) is 10.0. The van der Waals surface area contributed by atoms with Crippen molar-refractivity contribution in [3.63, 3.8) is 0 Å². The largest absolute Gasteiger partial charge is 0.394 e. The fraction of sp³-hybridized carbons (Fsp3) is 0.261. The van der Waals surface area contributed by atoms with Gasteiger partial charge in [-0.1, -0.05) is 25.4 Å². The van der Waals surface area contributed by atoms with E-state index in [0.29, 0.717) is 22.1 Å². The van der Waals surface area contributed by atoms with Crippen molar-refractivity contribution >= 4 is 41.3 Å². The molecule has 1 aromatic carbocycles. The van der Waals surface area contributed by atoms with Crippen LogP contribution < -0.4 is 10.6 Å². The zero-order valence-corrected chi connectivity index (χ0v) is 19.6. The Bertz CT molecular complexity index is 1110. The molecular formula is C23H25Cl2FN4O3. The molecule has 2 heterocycles. The molecule has 7 nitrogen and oxygen atoms in total. The lowest BCUT2D eigenvalue weighted by molar-refractivity contribution is 0.0879. The van der Waals surface area contributed by atoms with E-state index in [1.54, 1.807) is 24.5 Å². The molecule has 10 heteroatoms. The topological polar surface area (TPSA) is 107 Å². The summed E-state index contributed by atoms with van der Waals surface area (Å²) in [4.78, 5) is 20.9. The van der Waals surface area contributed by atoms with Crippen LogP contribution in [0.1, 0.15) is 35.7 Å². The number of aliphatic hydroxyl groups excluding tert-OH is 2. The Balaban J connectivity index is 0.00000385. The van der Waals surface area contributed by atoms with Gasteiger partial charge in [0.15, 0.2) is 0 Å². The number of carbonyl (C=O) groups is 1. The minimum atomic E-state index is -0.762. The number of amides is 1. The molecule has 0 unspecified atom stereocenters. The molecule has 0 saturated carbocycles. The molecule has 0 saturated heterocycles. The van der Waals surface area contributed by atoms with Gasteiger partial charge in [-0.3, -0.25) is 14.8 Å². The van der Waals surface area contributed by atoms with Gasteiger partial charge in [-0.25, -0.2) is 4.39 Å². The summed E-state index contributed by atoms with van der Waals surface area (Å²) >= 11 is 6.03. The summed E-state index contributed by atoms with van der Waals surface area (Å²) in [5.74, 6) is -0.792. The molecule has 1 amide bonds. The van der Waals surface area contributed by atoms with Gasteiger partial charge in [0.2, 0.25) is 0 Å². The average molecular weight is 495 g/mol. The highest BCUT2D eigenvalue weighted by atomic mass is 35.5. The molecule has 176 valence electrons. The van der Waals surface area contributed by atoms with Gasteiger partial charge < -0.3 is 20.8 Å². The van der Waals surface area contributed by atoms with Crippen molar-refractivity contribution in [3.05, 3.63) is 70.9 Å². The fourth-order valence-corrected chi connectivity index (χ4v) is 3.25. The molecular weight excluding hydrogens is 470 g/mol. The average Bonchev–Trinajstić information content (AvgIpc) is 2.78. The van der Waals surface area contributed by atoms with E-state index in [9.17, 15) is 9.18 Å². The molecule has 0 aliphatic rings.